The number of carbonyl (C=O) groups excluding carboxylic acids is 1. The van der Waals surface area contributed by atoms with Crippen molar-refractivity contribution in [3.8, 4) is 0 Å². The van der Waals surface area contributed by atoms with Gasteiger partial charge >= 0.3 is 6.09 Å². The Morgan fingerprint density at radius 3 is 2.07 bits per heavy atom. The molecule has 30 heavy (non-hydrogen) atoms. The zero-order chi connectivity index (χ0) is 21.3. The second-order valence-corrected chi connectivity index (χ2v) is 7.61. The summed E-state index contributed by atoms with van der Waals surface area (Å²) in [7, 11) is 0. The van der Waals surface area contributed by atoms with Crippen molar-refractivity contribution < 1.29 is 19.4 Å². The number of thiophene rings is 1. The maximum atomic E-state index is 12.9. The Hall–Kier alpha value is -3.79. The maximum absolute atomic E-state index is 12.9. The third-order valence-electron chi connectivity index (χ3n) is 4.87. The molecule has 0 aliphatic carbocycles. The molecular weight excluding hydrogens is 410 g/mol. The average Bonchev–Trinajstić information content (AvgIpc) is 3.28. The average molecular weight is 425 g/mol. The monoisotopic (exact) mass is 425 g/mol. The molecule has 1 fully saturated rings. The largest absolute Gasteiger partial charge is 0.441 e. The molecule has 2 aromatic carbocycles. The minimum atomic E-state index is -0.586. The standard InChI is InChI=1S/C20H15N3O6S/c24-20-21(14-7-9-16(10-8-14)23(27)28)17(19-2-1-11-30-19)12-18(29-20)13-3-5-15(6-4-13)22(25)26/h1-11,17-18H,12H2. The number of hydrogen-bond donors (Lipinski definition) is 0. The van der Waals surface area contributed by atoms with Crippen molar-refractivity contribution in [1.82, 2.24) is 0 Å². The lowest BCUT2D eigenvalue weighted by molar-refractivity contribution is -0.385. The fourth-order valence-corrected chi connectivity index (χ4v) is 4.25. The van der Waals surface area contributed by atoms with Gasteiger partial charge in [-0.1, -0.05) is 6.07 Å². The summed E-state index contributed by atoms with van der Waals surface area (Å²) in [5, 5.41) is 23.7. The molecule has 9 nitrogen and oxygen atoms in total. The van der Waals surface area contributed by atoms with E-state index in [0.717, 1.165) is 4.88 Å². The van der Waals surface area contributed by atoms with Crippen LogP contribution in [-0.2, 0) is 4.74 Å². The first-order valence-corrected chi connectivity index (χ1v) is 9.84. The van der Waals surface area contributed by atoms with Crippen LogP contribution in [0.2, 0.25) is 0 Å². The van der Waals surface area contributed by atoms with Gasteiger partial charge in [0.05, 0.1) is 15.9 Å². The van der Waals surface area contributed by atoms with Gasteiger partial charge in [0.25, 0.3) is 11.4 Å². The molecule has 3 aromatic rings. The molecule has 1 aliphatic heterocycles. The van der Waals surface area contributed by atoms with Crippen molar-refractivity contribution in [3.05, 3.63) is 96.7 Å². The smallest absolute Gasteiger partial charge is 0.415 e. The van der Waals surface area contributed by atoms with Gasteiger partial charge in [-0.2, -0.15) is 0 Å². The van der Waals surface area contributed by atoms with Crippen molar-refractivity contribution in [3.63, 3.8) is 0 Å². The molecule has 0 bridgehead atoms. The number of hydrogen-bond acceptors (Lipinski definition) is 7. The topological polar surface area (TPSA) is 116 Å². The van der Waals surface area contributed by atoms with E-state index in [4.69, 9.17) is 4.74 Å². The van der Waals surface area contributed by atoms with E-state index in [2.05, 4.69) is 0 Å². The van der Waals surface area contributed by atoms with Crippen LogP contribution in [0.3, 0.4) is 0 Å². The molecule has 4 rings (SSSR count). The van der Waals surface area contributed by atoms with E-state index in [9.17, 15) is 25.0 Å². The summed E-state index contributed by atoms with van der Waals surface area (Å²) < 4.78 is 5.63. The Labute approximate surface area is 174 Å². The second-order valence-electron chi connectivity index (χ2n) is 6.63. The van der Waals surface area contributed by atoms with Gasteiger partial charge < -0.3 is 4.74 Å². The van der Waals surface area contributed by atoms with E-state index in [1.165, 1.54) is 52.6 Å². The van der Waals surface area contributed by atoms with Gasteiger partial charge in [-0.05, 0) is 41.3 Å². The highest BCUT2D eigenvalue weighted by atomic mass is 32.1. The molecule has 1 aromatic heterocycles. The molecule has 1 amide bonds. The van der Waals surface area contributed by atoms with Gasteiger partial charge in [0.1, 0.15) is 6.10 Å². The van der Waals surface area contributed by atoms with E-state index in [1.54, 1.807) is 12.1 Å². The Morgan fingerprint density at radius 2 is 1.53 bits per heavy atom. The Bertz CT molecular complexity index is 1080. The molecule has 2 heterocycles. The van der Waals surface area contributed by atoms with E-state index >= 15 is 0 Å². The van der Waals surface area contributed by atoms with Gasteiger partial charge in [-0.3, -0.25) is 25.1 Å². The number of nitro benzene ring substituents is 2. The third kappa shape index (κ3) is 3.72. The van der Waals surface area contributed by atoms with Crippen LogP contribution >= 0.6 is 11.3 Å². The fraction of sp³-hybridized carbons (Fsp3) is 0.150. The van der Waals surface area contributed by atoms with Gasteiger partial charge in [0, 0.05) is 41.3 Å². The molecule has 0 N–H and O–H groups in total. The lowest BCUT2D eigenvalue weighted by Crippen LogP contribution is -2.41. The summed E-state index contributed by atoms with van der Waals surface area (Å²) in [6, 6.07) is 15.1. The lowest BCUT2D eigenvalue weighted by Gasteiger charge is -2.38. The number of nitrogens with zero attached hydrogens (tertiary/aromatic N) is 3. The second kappa shape index (κ2) is 7.91. The summed E-state index contributed by atoms with van der Waals surface area (Å²) in [4.78, 5) is 36.2. The molecule has 0 spiro atoms. The predicted molar refractivity (Wildman–Crippen MR) is 110 cm³/mol. The minimum Gasteiger partial charge on any atom is -0.441 e. The maximum Gasteiger partial charge on any atom is 0.415 e. The highest BCUT2D eigenvalue weighted by Gasteiger charge is 2.38. The van der Waals surface area contributed by atoms with Crippen LogP contribution in [0.1, 0.15) is 29.0 Å². The van der Waals surface area contributed by atoms with Crippen LogP contribution in [-0.4, -0.2) is 15.9 Å². The van der Waals surface area contributed by atoms with E-state index < -0.39 is 22.0 Å². The summed E-state index contributed by atoms with van der Waals surface area (Å²) in [5.41, 5.74) is 1.05. The summed E-state index contributed by atoms with van der Waals surface area (Å²) in [5.74, 6) is 0. The summed E-state index contributed by atoms with van der Waals surface area (Å²) in [6.07, 6.45) is -0.724. The van der Waals surface area contributed by atoms with E-state index in [-0.39, 0.29) is 17.4 Å². The Kier molecular flexibility index (Phi) is 5.15. The fourth-order valence-electron chi connectivity index (χ4n) is 3.42. The molecule has 0 radical (unpaired) electrons. The van der Waals surface area contributed by atoms with Crippen molar-refractivity contribution in [2.24, 2.45) is 0 Å². The van der Waals surface area contributed by atoms with E-state index in [0.29, 0.717) is 17.7 Å². The number of nitro groups is 2. The zero-order valence-electron chi connectivity index (χ0n) is 15.4. The number of rotatable bonds is 5. The minimum absolute atomic E-state index is 0.0387. The number of non-ortho nitro benzene ring substituents is 2. The van der Waals surface area contributed by atoms with Crippen LogP contribution in [0.5, 0.6) is 0 Å². The molecule has 1 aliphatic rings. The van der Waals surface area contributed by atoms with Gasteiger partial charge in [-0.15, -0.1) is 11.3 Å². The Balaban J connectivity index is 1.66. The number of ether oxygens (including phenoxy) is 1. The van der Waals surface area contributed by atoms with Crippen molar-refractivity contribution in [2.75, 3.05) is 4.90 Å². The number of cyclic esters (lactones) is 1. The first kappa shape index (κ1) is 19.5. The van der Waals surface area contributed by atoms with Crippen molar-refractivity contribution >= 4 is 34.5 Å². The van der Waals surface area contributed by atoms with Gasteiger partial charge in [0.15, 0.2) is 0 Å². The Morgan fingerprint density at radius 1 is 0.933 bits per heavy atom. The highest BCUT2D eigenvalue weighted by Crippen LogP contribution is 2.43. The highest BCUT2D eigenvalue weighted by molar-refractivity contribution is 7.10. The van der Waals surface area contributed by atoms with E-state index in [1.807, 2.05) is 17.5 Å². The quantitative estimate of drug-likeness (QED) is 0.399. The third-order valence-corrected chi connectivity index (χ3v) is 5.85. The molecule has 10 heteroatoms. The summed E-state index contributed by atoms with van der Waals surface area (Å²) >= 11 is 1.49. The van der Waals surface area contributed by atoms with Crippen LogP contribution in [0.4, 0.5) is 21.9 Å². The zero-order valence-corrected chi connectivity index (χ0v) is 16.2. The molecule has 0 saturated carbocycles. The number of anilines is 1. The van der Waals surface area contributed by atoms with Crippen molar-refractivity contribution in [2.45, 2.75) is 18.6 Å². The molecule has 2 atom stereocenters. The van der Waals surface area contributed by atoms with Crippen LogP contribution in [0, 0.1) is 20.2 Å². The van der Waals surface area contributed by atoms with Crippen LogP contribution in [0.25, 0.3) is 0 Å². The number of amides is 1. The van der Waals surface area contributed by atoms with Crippen molar-refractivity contribution in [1.29, 1.82) is 0 Å². The normalized spacial score (nSPS) is 18.7. The predicted octanol–water partition coefficient (Wildman–Crippen LogP) is 5.39. The number of benzene rings is 2. The van der Waals surface area contributed by atoms with Gasteiger partial charge in [0.2, 0.25) is 0 Å². The molecule has 152 valence electrons. The first-order chi connectivity index (χ1) is 14.4. The molecule has 1 saturated heterocycles. The van der Waals surface area contributed by atoms with Gasteiger partial charge in [-0.25, -0.2) is 4.79 Å². The number of carbonyl (C=O) groups is 1. The lowest BCUT2D eigenvalue weighted by atomic mass is 9.97. The summed E-state index contributed by atoms with van der Waals surface area (Å²) in [6.45, 7) is 0. The first-order valence-electron chi connectivity index (χ1n) is 8.96. The van der Waals surface area contributed by atoms with Crippen LogP contribution < -0.4 is 4.90 Å². The molecular formula is C20H15N3O6S. The SMILES string of the molecule is O=C1OC(c2ccc([N+](=O)[O-])cc2)CC(c2cccs2)N1c1ccc([N+](=O)[O-])cc1. The molecule has 2 unspecified atom stereocenters. The van der Waals surface area contributed by atoms with Crippen LogP contribution in [0.15, 0.2) is 66.0 Å².